The zero-order valence-corrected chi connectivity index (χ0v) is 16.2. The van der Waals surface area contributed by atoms with Crippen LogP contribution >= 0.6 is 0 Å². The molecule has 0 amide bonds. The van der Waals surface area contributed by atoms with E-state index in [1.165, 1.54) is 0 Å². The molecule has 0 bridgehead atoms. The fraction of sp³-hybridized carbons (Fsp3) is 0.900. The van der Waals surface area contributed by atoms with Crippen molar-refractivity contribution in [3.8, 4) is 0 Å². The molecule has 0 aliphatic carbocycles. The SMILES string of the molecule is C.COC(=O)[C@]1([S-])C[C@@H](O)[C@@H](O)[C@@H]([C@H](O)CO)O1.[Hg+]. The standard InChI is InChI=1S/C9H16O7S.CH4.Hg/c1-15-8(14)9(17)2-4(11)6(13)7(16-9)5(12)3-10;;/h4-7,10-13,17H,2-3H2,1H3;1H4;/q;;+1/p-1/t4-,5-,6-,7-,9-;;/m1../s1. The molecule has 1 heterocycles. The number of hydrogen-bond donors (Lipinski definition) is 4. The van der Waals surface area contributed by atoms with Gasteiger partial charge in [0.15, 0.2) is 0 Å². The molecule has 0 unspecified atom stereocenters. The molecule has 1 aliphatic rings. The first-order valence-corrected chi connectivity index (χ1v) is 5.38. The van der Waals surface area contributed by atoms with Gasteiger partial charge in [0.05, 0.1) is 24.8 Å². The summed E-state index contributed by atoms with van der Waals surface area (Å²) in [7, 11) is 1.11. The third-order valence-corrected chi connectivity index (χ3v) is 3.03. The van der Waals surface area contributed by atoms with Crippen LogP contribution in [0.5, 0.6) is 0 Å². The topological polar surface area (TPSA) is 116 Å². The maximum absolute atomic E-state index is 11.4. The third-order valence-electron chi connectivity index (χ3n) is 2.60. The maximum Gasteiger partial charge on any atom is 1.00 e. The maximum atomic E-state index is 11.4. The van der Waals surface area contributed by atoms with Crippen LogP contribution in [0.1, 0.15) is 13.8 Å². The molecular formula is C10H19HgO7S. The number of esters is 1. The molecule has 1 aliphatic heterocycles. The molecule has 7 nitrogen and oxygen atoms in total. The van der Waals surface area contributed by atoms with Crippen LogP contribution in [0, 0.1) is 0 Å². The van der Waals surface area contributed by atoms with E-state index >= 15 is 0 Å². The Labute approximate surface area is 137 Å². The molecule has 19 heavy (non-hydrogen) atoms. The van der Waals surface area contributed by atoms with Crippen LogP contribution in [-0.2, 0) is 54.6 Å². The Morgan fingerprint density at radius 3 is 2.53 bits per heavy atom. The fourth-order valence-electron chi connectivity index (χ4n) is 1.65. The van der Waals surface area contributed by atoms with Crippen LogP contribution in [0.3, 0.4) is 0 Å². The summed E-state index contributed by atoms with van der Waals surface area (Å²) in [5.41, 5.74) is 0. The van der Waals surface area contributed by atoms with Crippen LogP contribution in [0.4, 0.5) is 0 Å². The molecule has 0 aromatic rings. The first kappa shape index (κ1) is 21.8. The minimum atomic E-state index is -1.87. The van der Waals surface area contributed by atoms with Crippen molar-refractivity contribution < 1.29 is 62.4 Å². The van der Waals surface area contributed by atoms with E-state index in [1.54, 1.807) is 0 Å². The monoisotopic (exact) mass is 485 g/mol. The molecular weight excluding hydrogens is 465 g/mol. The molecule has 1 radical (unpaired) electrons. The van der Waals surface area contributed by atoms with Gasteiger partial charge in [0, 0.05) is 0 Å². The molecule has 9 heteroatoms. The quantitative estimate of drug-likeness (QED) is 0.205. The smallest absolute Gasteiger partial charge is 0.746 e. The van der Waals surface area contributed by atoms with Crippen LogP contribution < -0.4 is 0 Å². The second-order valence-corrected chi connectivity index (χ2v) is 4.50. The Hall–Kier alpha value is 0.555. The number of ether oxygens (including phenoxy) is 2. The number of rotatable bonds is 3. The van der Waals surface area contributed by atoms with Gasteiger partial charge >= 0.3 is 33.6 Å². The number of hydrogen-bond acceptors (Lipinski definition) is 8. The van der Waals surface area contributed by atoms with Gasteiger partial charge in [0.25, 0.3) is 0 Å². The van der Waals surface area contributed by atoms with E-state index in [-0.39, 0.29) is 41.5 Å². The average molecular weight is 484 g/mol. The molecule has 109 valence electrons. The van der Waals surface area contributed by atoms with Crippen LogP contribution in [-0.4, -0.2) is 69.5 Å². The summed E-state index contributed by atoms with van der Waals surface area (Å²) in [6, 6.07) is 0. The van der Waals surface area contributed by atoms with Gasteiger partial charge in [0.1, 0.15) is 18.3 Å². The summed E-state index contributed by atoms with van der Waals surface area (Å²) in [6.07, 6.45) is -5.90. The third kappa shape index (κ3) is 4.80. The Morgan fingerprint density at radius 1 is 1.58 bits per heavy atom. The zero-order chi connectivity index (χ0) is 13.2. The van der Waals surface area contributed by atoms with Gasteiger partial charge in [-0.2, -0.15) is 0 Å². The van der Waals surface area contributed by atoms with Gasteiger partial charge in [-0.1, -0.05) is 7.43 Å². The van der Waals surface area contributed by atoms with Crippen molar-refractivity contribution in [3.05, 3.63) is 0 Å². The minimum absolute atomic E-state index is 0. The van der Waals surface area contributed by atoms with E-state index in [1.807, 2.05) is 0 Å². The van der Waals surface area contributed by atoms with Crippen molar-refractivity contribution >= 4 is 18.6 Å². The molecule has 0 spiro atoms. The zero-order valence-electron chi connectivity index (χ0n) is 9.85. The minimum Gasteiger partial charge on any atom is -0.746 e. The molecule has 1 saturated heterocycles. The Morgan fingerprint density at radius 2 is 2.11 bits per heavy atom. The average Bonchev–Trinajstić information content (AvgIpc) is 2.31. The summed E-state index contributed by atoms with van der Waals surface area (Å²) >= 11 is 4.89. The molecule has 5 atom stereocenters. The van der Waals surface area contributed by atoms with Crippen LogP contribution in [0.2, 0.25) is 0 Å². The Balaban J connectivity index is 0. The van der Waals surface area contributed by atoms with Crippen molar-refractivity contribution in [2.75, 3.05) is 13.7 Å². The van der Waals surface area contributed by atoms with Crippen molar-refractivity contribution in [3.63, 3.8) is 0 Å². The van der Waals surface area contributed by atoms with Crippen LogP contribution in [0.25, 0.3) is 0 Å². The van der Waals surface area contributed by atoms with Gasteiger partial charge in [-0.15, -0.1) is 0 Å². The molecule has 0 aromatic carbocycles. The van der Waals surface area contributed by atoms with Gasteiger partial charge in [-0.3, -0.25) is 4.79 Å². The first-order chi connectivity index (χ1) is 7.85. The first-order valence-electron chi connectivity index (χ1n) is 4.97. The van der Waals surface area contributed by atoms with E-state index in [4.69, 9.17) is 22.5 Å². The molecule has 1 rings (SSSR count). The van der Waals surface area contributed by atoms with Crippen molar-refractivity contribution in [1.82, 2.24) is 0 Å². The number of carbonyl (C=O) groups is 1. The predicted octanol–water partition coefficient (Wildman–Crippen LogP) is -2.10. The number of aliphatic hydroxyl groups excluding tert-OH is 4. The summed E-state index contributed by atoms with van der Waals surface area (Å²) < 4.78 is 9.52. The second-order valence-electron chi connectivity index (χ2n) is 3.84. The van der Waals surface area contributed by atoms with E-state index in [0.29, 0.717) is 0 Å². The molecule has 1 fully saturated rings. The predicted molar refractivity (Wildman–Crippen MR) is 63.4 cm³/mol. The number of carbonyl (C=O) groups excluding carboxylic acids is 1. The number of methoxy groups -OCH3 is 1. The summed E-state index contributed by atoms with van der Waals surface area (Å²) in [6.45, 7) is -0.693. The van der Waals surface area contributed by atoms with Gasteiger partial charge in [-0.25, -0.2) is 0 Å². The summed E-state index contributed by atoms with van der Waals surface area (Å²) in [5.74, 6) is -0.895. The summed E-state index contributed by atoms with van der Waals surface area (Å²) in [4.78, 5) is 9.54. The van der Waals surface area contributed by atoms with E-state index in [9.17, 15) is 20.1 Å². The van der Waals surface area contributed by atoms with Gasteiger partial charge < -0.3 is 42.5 Å². The van der Waals surface area contributed by atoms with Gasteiger partial charge in [-0.05, 0) is 6.42 Å². The van der Waals surface area contributed by atoms with Crippen molar-refractivity contribution in [1.29, 1.82) is 0 Å². The van der Waals surface area contributed by atoms with E-state index in [0.717, 1.165) is 7.11 Å². The normalized spacial score (nSPS) is 35.6. The largest absolute Gasteiger partial charge is 1.00 e. The second kappa shape index (κ2) is 8.76. The summed E-state index contributed by atoms with van der Waals surface area (Å²) in [5, 5.41) is 37.4. The Bertz CT molecular complexity index is 293. The van der Waals surface area contributed by atoms with E-state index < -0.39 is 41.9 Å². The molecule has 0 saturated carbocycles. The fourth-order valence-corrected chi connectivity index (χ4v) is 2.01. The van der Waals surface area contributed by atoms with Crippen molar-refractivity contribution in [2.45, 2.75) is 43.2 Å². The Kier molecular flexibility index (Phi) is 10.1. The number of aliphatic hydroxyl groups is 4. The van der Waals surface area contributed by atoms with Crippen molar-refractivity contribution in [2.24, 2.45) is 0 Å². The van der Waals surface area contributed by atoms with Crippen LogP contribution in [0.15, 0.2) is 0 Å². The van der Waals surface area contributed by atoms with E-state index in [2.05, 4.69) is 4.74 Å². The molecule has 0 aromatic heterocycles. The molecule has 4 N–H and O–H groups in total. The van der Waals surface area contributed by atoms with Gasteiger partial charge in [0.2, 0.25) is 0 Å².